The van der Waals surface area contributed by atoms with Gasteiger partial charge in [0.2, 0.25) is 0 Å². The molecule has 0 aliphatic carbocycles. The van der Waals surface area contributed by atoms with Crippen molar-refractivity contribution in [1.29, 1.82) is 5.26 Å². The second-order valence-electron chi connectivity index (χ2n) is 4.31. The molecule has 0 amide bonds. The van der Waals surface area contributed by atoms with Crippen molar-refractivity contribution >= 4 is 22.5 Å². The lowest BCUT2D eigenvalue weighted by molar-refractivity contribution is 0.973. The van der Waals surface area contributed by atoms with Crippen molar-refractivity contribution in [3.63, 3.8) is 0 Å². The molecule has 0 N–H and O–H groups in total. The van der Waals surface area contributed by atoms with E-state index in [9.17, 15) is 5.26 Å². The van der Waals surface area contributed by atoms with Crippen LogP contribution in [0.1, 0.15) is 19.4 Å². The number of rotatable bonds is 1. The number of nitriles is 1. The van der Waals surface area contributed by atoms with E-state index in [-0.39, 0.29) is 0 Å². The highest BCUT2D eigenvalue weighted by Gasteiger charge is 2.11. The highest BCUT2D eigenvalue weighted by atomic mass is 35.5. The molecule has 0 unspecified atom stereocenters. The van der Waals surface area contributed by atoms with Crippen molar-refractivity contribution in [3.05, 3.63) is 53.3 Å². The first-order valence-corrected chi connectivity index (χ1v) is 7.19. The predicted molar refractivity (Wildman–Crippen MR) is 87.2 cm³/mol. The Morgan fingerprint density at radius 3 is 2.62 bits per heavy atom. The van der Waals surface area contributed by atoms with Gasteiger partial charge in [0, 0.05) is 18.0 Å². The summed E-state index contributed by atoms with van der Waals surface area (Å²) in [4.78, 5) is 4.10. The fraction of sp³-hybridized carbons (Fsp3) is 0.176. The molecule has 0 radical (unpaired) electrons. The summed E-state index contributed by atoms with van der Waals surface area (Å²) in [7, 11) is 1.96. The van der Waals surface area contributed by atoms with Gasteiger partial charge in [-0.25, -0.2) is 4.98 Å². The number of fused-ring (bicyclic) bond motifs is 1. The second kappa shape index (κ2) is 6.43. The average Bonchev–Trinajstić information content (AvgIpc) is 2.85. The van der Waals surface area contributed by atoms with Crippen LogP contribution in [0.4, 0.5) is 0 Å². The molecule has 0 fully saturated rings. The van der Waals surface area contributed by atoms with Crippen LogP contribution in [-0.4, -0.2) is 9.55 Å². The number of halogens is 1. The van der Waals surface area contributed by atoms with Crippen LogP contribution in [0.2, 0.25) is 5.15 Å². The number of pyridine rings is 1. The number of aryl methyl sites for hydroxylation is 1. The minimum absolute atomic E-state index is 0.471. The molecule has 3 aromatic rings. The van der Waals surface area contributed by atoms with Crippen molar-refractivity contribution < 1.29 is 0 Å². The van der Waals surface area contributed by atoms with Gasteiger partial charge in [0.1, 0.15) is 5.15 Å². The molecule has 4 heteroatoms. The van der Waals surface area contributed by atoms with Crippen molar-refractivity contribution in [2.75, 3.05) is 0 Å². The fourth-order valence-corrected chi connectivity index (χ4v) is 2.44. The number of aromatic nitrogens is 2. The second-order valence-corrected chi connectivity index (χ2v) is 4.70. The van der Waals surface area contributed by atoms with Crippen LogP contribution in [0, 0.1) is 11.3 Å². The van der Waals surface area contributed by atoms with E-state index in [1.807, 2.05) is 61.9 Å². The summed E-state index contributed by atoms with van der Waals surface area (Å²) < 4.78 is 2.02. The third-order valence-electron chi connectivity index (χ3n) is 3.22. The Hall–Kier alpha value is -2.31. The van der Waals surface area contributed by atoms with Gasteiger partial charge in [0.05, 0.1) is 29.0 Å². The molecule has 0 bridgehead atoms. The van der Waals surface area contributed by atoms with Crippen LogP contribution < -0.4 is 0 Å². The van der Waals surface area contributed by atoms with E-state index >= 15 is 0 Å². The van der Waals surface area contributed by atoms with E-state index in [1.165, 1.54) is 0 Å². The van der Waals surface area contributed by atoms with Gasteiger partial charge >= 0.3 is 0 Å². The molecular weight excluding hydrogens is 282 g/mol. The topological polar surface area (TPSA) is 41.6 Å². The molecule has 106 valence electrons. The molecule has 0 aliphatic heterocycles. The van der Waals surface area contributed by atoms with E-state index in [0.29, 0.717) is 10.7 Å². The van der Waals surface area contributed by atoms with Crippen LogP contribution >= 0.6 is 11.6 Å². The summed E-state index contributed by atoms with van der Waals surface area (Å²) in [5.41, 5.74) is 3.55. The summed E-state index contributed by atoms with van der Waals surface area (Å²) >= 11 is 5.91. The molecule has 0 spiro atoms. The minimum atomic E-state index is 0.471. The molecule has 0 saturated carbocycles. The van der Waals surface area contributed by atoms with Crippen LogP contribution in [0.15, 0.2) is 42.6 Å². The first kappa shape index (κ1) is 15.1. The van der Waals surface area contributed by atoms with Gasteiger partial charge in [-0.3, -0.25) is 0 Å². The Bertz CT molecular complexity index is 813. The van der Waals surface area contributed by atoms with Crippen molar-refractivity contribution in [3.8, 4) is 17.3 Å². The lowest BCUT2D eigenvalue weighted by Gasteiger charge is -2.05. The van der Waals surface area contributed by atoms with E-state index in [1.54, 1.807) is 6.20 Å². The smallest absolute Gasteiger partial charge is 0.129 e. The maximum absolute atomic E-state index is 9.20. The number of hydrogen-bond acceptors (Lipinski definition) is 2. The monoisotopic (exact) mass is 297 g/mol. The molecule has 0 saturated heterocycles. The molecule has 0 aliphatic rings. The zero-order valence-electron chi connectivity index (χ0n) is 12.3. The van der Waals surface area contributed by atoms with Gasteiger partial charge in [-0.1, -0.05) is 43.6 Å². The molecule has 2 aromatic heterocycles. The van der Waals surface area contributed by atoms with Gasteiger partial charge in [-0.2, -0.15) is 5.26 Å². The average molecular weight is 298 g/mol. The van der Waals surface area contributed by atoms with Gasteiger partial charge in [-0.15, -0.1) is 0 Å². The standard InChI is InChI=1S/C15H10ClN3.C2H6/c1-19-13(12-5-3-2-4-10(12)8-17)6-11-7-15(16)18-9-14(11)19;1-2/h2-7,9H,1H3;1-2H3. The Labute approximate surface area is 129 Å². The summed E-state index contributed by atoms with van der Waals surface area (Å²) in [6.45, 7) is 4.00. The molecule has 1 aromatic carbocycles. The van der Waals surface area contributed by atoms with Crippen LogP contribution in [-0.2, 0) is 7.05 Å². The van der Waals surface area contributed by atoms with Crippen molar-refractivity contribution in [2.45, 2.75) is 13.8 Å². The Balaban J connectivity index is 0.000000774. The number of benzene rings is 1. The number of nitrogens with zero attached hydrogens (tertiary/aromatic N) is 3. The lowest BCUT2D eigenvalue weighted by Crippen LogP contribution is -1.93. The third-order valence-corrected chi connectivity index (χ3v) is 3.43. The molecule has 21 heavy (non-hydrogen) atoms. The quantitative estimate of drug-likeness (QED) is 0.606. The van der Waals surface area contributed by atoms with Gasteiger partial charge < -0.3 is 4.57 Å². The lowest BCUT2D eigenvalue weighted by atomic mass is 10.1. The summed E-state index contributed by atoms with van der Waals surface area (Å²) in [6.07, 6.45) is 1.75. The SMILES string of the molecule is CC.Cn1c(-c2ccccc2C#N)cc2cc(Cl)ncc21. The third kappa shape index (κ3) is 2.76. The molecule has 0 atom stereocenters. The molecular formula is C17H16ClN3. The highest BCUT2D eigenvalue weighted by Crippen LogP contribution is 2.29. The fourth-order valence-electron chi connectivity index (χ4n) is 2.27. The largest absolute Gasteiger partial charge is 0.342 e. The summed E-state index contributed by atoms with van der Waals surface area (Å²) in [5.74, 6) is 0. The van der Waals surface area contributed by atoms with E-state index < -0.39 is 0 Å². The zero-order valence-corrected chi connectivity index (χ0v) is 13.0. The zero-order chi connectivity index (χ0) is 15.4. The van der Waals surface area contributed by atoms with E-state index in [2.05, 4.69) is 11.1 Å². The summed E-state index contributed by atoms with van der Waals surface area (Å²) in [5, 5.41) is 10.7. The highest BCUT2D eigenvalue weighted by molar-refractivity contribution is 6.30. The molecule has 2 heterocycles. The predicted octanol–water partition coefficient (Wildman–Crippen LogP) is 4.79. The van der Waals surface area contributed by atoms with Gasteiger partial charge in [0.25, 0.3) is 0 Å². The minimum Gasteiger partial charge on any atom is -0.342 e. The van der Waals surface area contributed by atoms with Crippen LogP contribution in [0.3, 0.4) is 0 Å². The maximum atomic E-state index is 9.20. The number of hydrogen-bond donors (Lipinski definition) is 0. The first-order chi connectivity index (χ1) is 10.2. The molecule has 3 nitrogen and oxygen atoms in total. The Morgan fingerprint density at radius 2 is 1.90 bits per heavy atom. The maximum Gasteiger partial charge on any atom is 0.129 e. The Morgan fingerprint density at radius 1 is 1.19 bits per heavy atom. The Kier molecular flexibility index (Phi) is 4.62. The molecule has 3 rings (SSSR count). The van der Waals surface area contributed by atoms with E-state index in [0.717, 1.165) is 22.2 Å². The van der Waals surface area contributed by atoms with Gasteiger partial charge in [0.15, 0.2) is 0 Å². The normalized spacial score (nSPS) is 9.86. The summed E-state index contributed by atoms with van der Waals surface area (Å²) in [6, 6.07) is 13.6. The first-order valence-electron chi connectivity index (χ1n) is 6.81. The van der Waals surface area contributed by atoms with Crippen LogP contribution in [0.25, 0.3) is 22.2 Å². The van der Waals surface area contributed by atoms with Gasteiger partial charge in [-0.05, 0) is 18.2 Å². The van der Waals surface area contributed by atoms with Crippen molar-refractivity contribution in [1.82, 2.24) is 9.55 Å². The van der Waals surface area contributed by atoms with Crippen LogP contribution in [0.5, 0.6) is 0 Å². The van der Waals surface area contributed by atoms with E-state index in [4.69, 9.17) is 11.6 Å². The van der Waals surface area contributed by atoms with Crippen molar-refractivity contribution in [2.24, 2.45) is 7.05 Å².